The molecule has 2 heterocycles. The summed E-state index contributed by atoms with van der Waals surface area (Å²) in [6, 6.07) is 27.6. The number of hydrogen-bond donors (Lipinski definition) is 0. The molecule has 0 atom stereocenters. The SMILES string of the molecule is CCCCCCCCCCN1C(=CC=C2C=C(C=CC3=[N+](CCCCCCCCCC)c4c(ccc5ccccc45)C3(C)C)CCC2)C(C)(C)c2ccc3ccccc3c21. The van der Waals surface area contributed by atoms with Crippen LogP contribution in [0.4, 0.5) is 11.4 Å². The normalized spacial score (nSPS) is 18.4. The van der Waals surface area contributed by atoms with Crippen molar-refractivity contribution in [3.05, 3.63) is 131 Å². The van der Waals surface area contributed by atoms with Gasteiger partial charge in [0.15, 0.2) is 5.71 Å². The minimum atomic E-state index is -0.0555. The summed E-state index contributed by atoms with van der Waals surface area (Å²) in [4.78, 5) is 2.71. The van der Waals surface area contributed by atoms with Crippen LogP contribution in [0.25, 0.3) is 21.5 Å². The van der Waals surface area contributed by atoms with E-state index in [1.54, 1.807) is 0 Å². The topological polar surface area (TPSA) is 6.25 Å². The summed E-state index contributed by atoms with van der Waals surface area (Å²) >= 11 is 0. The van der Waals surface area contributed by atoms with Crippen molar-refractivity contribution in [3.63, 3.8) is 0 Å². The van der Waals surface area contributed by atoms with Gasteiger partial charge in [-0.2, -0.15) is 4.58 Å². The number of anilines is 1. The average Bonchev–Trinajstić information content (AvgIpc) is 3.62. The maximum atomic E-state index is 2.71. The third-order valence-electron chi connectivity index (χ3n) is 14.2. The van der Waals surface area contributed by atoms with Crippen LogP contribution >= 0.6 is 0 Å². The van der Waals surface area contributed by atoms with Crippen LogP contribution in [-0.2, 0) is 10.8 Å². The summed E-state index contributed by atoms with van der Waals surface area (Å²) in [5.74, 6) is 0. The molecule has 2 heteroatoms. The Bertz CT molecular complexity index is 2240. The van der Waals surface area contributed by atoms with Gasteiger partial charge in [-0.05, 0) is 85.6 Å². The van der Waals surface area contributed by atoms with E-state index < -0.39 is 0 Å². The van der Waals surface area contributed by atoms with Crippen LogP contribution in [-0.4, -0.2) is 23.4 Å². The molecule has 2 nitrogen and oxygen atoms in total. The van der Waals surface area contributed by atoms with Crippen molar-refractivity contribution in [3.8, 4) is 0 Å². The second kappa shape index (κ2) is 20.6. The third kappa shape index (κ3) is 9.80. The summed E-state index contributed by atoms with van der Waals surface area (Å²) in [6.07, 6.45) is 37.5. The summed E-state index contributed by atoms with van der Waals surface area (Å²) in [7, 11) is 0. The number of rotatable bonds is 21. The molecule has 0 aromatic heterocycles. The van der Waals surface area contributed by atoms with Crippen LogP contribution in [0.15, 0.2) is 120 Å². The molecule has 0 fully saturated rings. The minimum absolute atomic E-state index is 0.0555. The van der Waals surface area contributed by atoms with Gasteiger partial charge < -0.3 is 4.90 Å². The Balaban J connectivity index is 1.14. The lowest BCUT2D eigenvalue weighted by atomic mass is 9.80. The highest BCUT2D eigenvalue weighted by atomic mass is 15.2. The van der Waals surface area contributed by atoms with Crippen molar-refractivity contribution >= 4 is 38.6 Å². The Labute approximate surface area is 365 Å². The van der Waals surface area contributed by atoms with E-state index >= 15 is 0 Å². The quantitative estimate of drug-likeness (QED) is 0.0601. The second-order valence-corrected chi connectivity index (χ2v) is 19.5. The van der Waals surface area contributed by atoms with E-state index in [1.807, 2.05) is 0 Å². The van der Waals surface area contributed by atoms with E-state index in [2.05, 4.69) is 154 Å². The standard InChI is InChI=1S/C58H77N2/c1-7-9-11-13-15-17-19-25-42-59-53(57(3,4)51-38-36-47-30-21-23-32-49(47)55(51)59)40-34-45-28-27-29-46(44-45)35-41-54-58(5,6)52-39-37-48-31-22-24-33-50(48)56(52)60(54)43-26-20-18-16-14-12-10-8-2/h21-24,30-41,44H,7-20,25-29,42-43H2,1-6H3/q+1. The molecule has 7 rings (SSSR count). The van der Waals surface area contributed by atoms with E-state index in [4.69, 9.17) is 0 Å². The molecular formula is C58H77N2+. The van der Waals surface area contributed by atoms with Crippen molar-refractivity contribution in [2.45, 2.75) is 174 Å². The third-order valence-corrected chi connectivity index (χ3v) is 14.2. The summed E-state index contributed by atoms with van der Waals surface area (Å²) in [5.41, 5.74) is 11.5. The molecule has 3 aliphatic rings. The Hall–Kier alpha value is -4.17. The molecule has 60 heavy (non-hydrogen) atoms. The highest BCUT2D eigenvalue weighted by molar-refractivity contribution is 6.07. The average molecular weight is 802 g/mol. The van der Waals surface area contributed by atoms with Gasteiger partial charge in [-0.25, -0.2) is 0 Å². The minimum Gasteiger partial charge on any atom is -0.343 e. The van der Waals surface area contributed by atoms with Crippen molar-refractivity contribution in [1.29, 1.82) is 0 Å². The molecule has 0 radical (unpaired) electrons. The molecule has 318 valence electrons. The monoisotopic (exact) mass is 802 g/mol. The summed E-state index contributed by atoms with van der Waals surface area (Å²) < 4.78 is 2.71. The van der Waals surface area contributed by atoms with Gasteiger partial charge in [0.25, 0.3) is 0 Å². The maximum Gasteiger partial charge on any atom is 0.217 e. The van der Waals surface area contributed by atoms with Gasteiger partial charge in [0.2, 0.25) is 5.69 Å². The van der Waals surface area contributed by atoms with Gasteiger partial charge in [-0.3, -0.25) is 0 Å². The Kier molecular flexibility index (Phi) is 15.1. The molecule has 0 amide bonds. The summed E-state index contributed by atoms with van der Waals surface area (Å²) in [6.45, 7) is 16.6. The van der Waals surface area contributed by atoms with Crippen molar-refractivity contribution in [1.82, 2.24) is 0 Å². The van der Waals surface area contributed by atoms with Gasteiger partial charge in [0.05, 0.1) is 16.5 Å². The first kappa shape index (κ1) is 43.9. The number of fused-ring (bicyclic) bond motifs is 6. The molecule has 2 aliphatic heterocycles. The van der Waals surface area contributed by atoms with Gasteiger partial charge >= 0.3 is 0 Å². The molecule has 0 N–H and O–H groups in total. The Morgan fingerprint density at radius 1 is 0.567 bits per heavy atom. The van der Waals surface area contributed by atoms with E-state index in [1.165, 1.54) is 176 Å². The predicted molar refractivity (Wildman–Crippen MR) is 264 cm³/mol. The first-order valence-electron chi connectivity index (χ1n) is 24.5. The van der Waals surface area contributed by atoms with E-state index in [0.717, 1.165) is 25.9 Å². The fourth-order valence-corrected chi connectivity index (χ4v) is 10.7. The first-order valence-corrected chi connectivity index (χ1v) is 24.5. The van der Waals surface area contributed by atoms with Gasteiger partial charge in [-0.1, -0.05) is 196 Å². The van der Waals surface area contributed by atoms with Crippen molar-refractivity contribution < 1.29 is 4.58 Å². The van der Waals surface area contributed by atoms with Crippen LogP contribution in [0, 0.1) is 0 Å². The molecule has 4 aromatic carbocycles. The maximum absolute atomic E-state index is 2.71. The number of benzene rings is 4. The lowest BCUT2D eigenvalue weighted by Gasteiger charge is -2.27. The molecule has 0 saturated carbocycles. The lowest BCUT2D eigenvalue weighted by molar-refractivity contribution is -0.436. The highest BCUT2D eigenvalue weighted by Gasteiger charge is 2.45. The second-order valence-electron chi connectivity index (χ2n) is 19.5. The van der Waals surface area contributed by atoms with Crippen LogP contribution in [0.3, 0.4) is 0 Å². The zero-order chi connectivity index (χ0) is 42.0. The highest BCUT2D eigenvalue weighted by Crippen LogP contribution is 2.51. The zero-order valence-electron chi connectivity index (χ0n) is 38.6. The Morgan fingerprint density at radius 2 is 1.15 bits per heavy atom. The molecular weight excluding hydrogens is 725 g/mol. The van der Waals surface area contributed by atoms with E-state index in [0.29, 0.717) is 0 Å². The van der Waals surface area contributed by atoms with Crippen LogP contribution < -0.4 is 4.90 Å². The van der Waals surface area contributed by atoms with Crippen LogP contribution in [0.2, 0.25) is 0 Å². The van der Waals surface area contributed by atoms with Crippen molar-refractivity contribution in [2.24, 2.45) is 0 Å². The van der Waals surface area contributed by atoms with Gasteiger partial charge in [-0.15, -0.1) is 0 Å². The molecule has 0 bridgehead atoms. The molecule has 0 spiro atoms. The Morgan fingerprint density at radius 3 is 1.83 bits per heavy atom. The van der Waals surface area contributed by atoms with Crippen LogP contribution in [0.1, 0.15) is 175 Å². The van der Waals surface area contributed by atoms with Gasteiger partial charge in [0.1, 0.15) is 6.54 Å². The smallest absolute Gasteiger partial charge is 0.217 e. The fraction of sp³-hybridized carbons (Fsp3) is 0.500. The number of hydrogen-bond acceptors (Lipinski definition) is 1. The number of nitrogens with zero attached hydrogens (tertiary/aromatic N) is 2. The fourth-order valence-electron chi connectivity index (χ4n) is 10.7. The van der Waals surface area contributed by atoms with E-state index in [-0.39, 0.29) is 10.8 Å². The predicted octanol–water partition coefficient (Wildman–Crippen LogP) is 16.9. The zero-order valence-corrected chi connectivity index (χ0v) is 38.6. The molecule has 0 unspecified atom stereocenters. The summed E-state index contributed by atoms with van der Waals surface area (Å²) in [5, 5.41) is 5.47. The molecule has 4 aromatic rings. The molecule has 1 aliphatic carbocycles. The molecule has 0 saturated heterocycles. The van der Waals surface area contributed by atoms with E-state index in [9.17, 15) is 0 Å². The van der Waals surface area contributed by atoms with Gasteiger partial charge in [0, 0.05) is 41.1 Å². The lowest BCUT2D eigenvalue weighted by Crippen LogP contribution is -2.28. The van der Waals surface area contributed by atoms with Crippen molar-refractivity contribution in [2.75, 3.05) is 18.0 Å². The van der Waals surface area contributed by atoms with Crippen LogP contribution in [0.5, 0.6) is 0 Å². The largest absolute Gasteiger partial charge is 0.343 e. The number of unbranched alkanes of at least 4 members (excludes halogenated alkanes) is 14. The number of allylic oxidation sites excluding steroid dienone is 8. The first-order chi connectivity index (χ1) is 29.3.